The molecule has 20 heavy (non-hydrogen) atoms. The smallest absolute Gasteiger partial charge is 0.251 e. The summed E-state index contributed by atoms with van der Waals surface area (Å²) in [5.74, 6) is 1.02. The monoisotopic (exact) mass is 275 g/mol. The SMILES string of the molecule is CC(C)C(CN)CNc1cccc(C(=O)NC2CC2)c1. The molecule has 2 rings (SSSR count). The zero-order valence-corrected chi connectivity index (χ0v) is 12.4. The maximum atomic E-state index is 12.0. The average molecular weight is 275 g/mol. The molecule has 1 atom stereocenters. The molecular formula is C16H25N3O. The van der Waals surface area contributed by atoms with E-state index in [4.69, 9.17) is 5.73 Å². The van der Waals surface area contributed by atoms with E-state index in [1.807, 2.05) is 24.3 Å². The van der Waals surface area contributed by atoms with Gasteiger partial charge < -0.3 is 16.4 Å². The van der Waals surface area contributed by atoms with Crippen molar-refractivity contribution >= 4 is 11.6 Å². The van der Waals surface area contributed by atoms with Gasteiger partial charge in [-0.3, -0.25) is 4.79 Å². The molecule has 0 bridgehead atoms. The van der Waals surface area contributed by atoms with Crippen LogP contribution in [0.3, 0.4) is 0 Å². The molecule has 1 aromatic carbocycles. The quantitative estimate of drug-likeness (QED) is 0.715. The highest BCUT2D eigenvalue weighted by atomic mass is 16.1. The Labute approximate surface area is 121 Å². The van der Waals surface area contributed by atoms with Gasteiger partial charge in [0.1, 0.15) is 0 Å². The number of hydrogen-bond acceptors (Lipinski definition) is 3. The molecule has 4 heteroatoms. The molecule has 110 valence electrons. The number of benzene rings is 1. The Bertz CT molecular complexity index is 455. The second kappa shape index (κ2) is 6.75. The van der Waals surface area contributed by atoms with Gasteiger partial charge in [0.2, 0.25) is 0 Å². The van der Waals surface area contributed by atoms with Gasteiger partial charge in [0, 0.05) is 23.8 Å². The van der Waals surface area contributed by atoms with Crippen LogP contribution in [0.5, 0.6) is 0 Å². The lowest BCUT2D eigenvalue weighted by molar-refractivity contribution is 0.0951. The van der Waals surface area contributed by atoms with Crippen molar-refractivity contribution in [2.24, 2.45) is 17.6 Å². The maximum Gasteiger partial charge on any atom is 0.251 e. The number of carbonyl (C=O) groups excluding carboxylic acids is 1. The number of carbonyl (C=O) groups is 1. The molecule has 1 aromatic rings. The average Bonchev–Trinajstić information content (AvgIpc) is 3.23. The molecule has 0 aliphatic heterocycles. The van der Waals surface area contributed by atoms with E-state index >= 15 is 0 Å². The van der Waals surface area contributed by atoms with Crippen molar-refractivity contribution in [2.75, 3.05) is 18.4 Å². The van der Waals surface area contributed by atoms with Crippen molar-refractivity contribution in [2.45, 2.75) is 32.7 Å². The summed E-state index contributed by atoms with van der Waals surface area (Å²) >= 11 is 0. The first-order valence-corrected chi connectivity index (χ1v) is 7.45. The lowest BCUT2D eigenvalue weighted by atomic mass is 9.96. The number of nitrogens with two attached hydrogens (primary N) is 1. The standard InChI is InChI=1S/C16H25N3O/c1-11(2)13(9-17)10-18-15-5-3-4-12(8-15)16(20)19-14-6-7-14/h3-5,8,11,13-14,18H,6-7,9-10,17H2,1-2H3,(H,19,20). The molecule has 0 saturated heterocycles. The van der Waals surface area contributed by atoms with Crippen LogP contribution in [0.25, 0.3) is 0 Å². The Kier molecular flexibility index (Phi) is 5.01. The van der Waals surface area contributed by atoms with E-state index in [0.717, 1.165) is 30.6 Å². The molecule has 0 spiro atoms. The van der Waals surface area contributed by atoms with Crippen molar-refractivity contribution in [3.63, 3.8) is 0 Å². The number of amides is 1. The molecule has 1 saturated carbocycles. The van der Waals surface area contributed by atoms with Gasteiger partial charge in [-0.1, -0.05) is 19.9 Å². The Morgan fingerprint density at radius 2 is 2.15 bits per heavy atom. The van der Waals surface area contributed by atoms with Crippen LogP contribution in [0.2, 0.25) is 0 Å². The van der Waals surface area contributed by atoms with Crippen molar-refractivity contribution in [1.82, 2.24) is 5.32 Å². The third-order valence-corrected chi connectivity index (χ3v) is 3.85. The first-order valence-electron chi connectivity index (χ1n) is 7.45. The van der Waals surface area contributed by atoms with E-state index in [2.05, 4.69) is 24.5 Å². The Balaban J connectivity index is 1.93. The molecule has 1 aliphatic rings. The second-order valence-corrected chi connectivity index (χ2v) is 5.95. The summed E-state index contributed by atoms with van der Waals surface area (Å²) in [5, 5.41) is 6.39. The van der Waals surface area contributed by atoms with Crippen LogP contribution in [0.4, 0.5) is 5.69 Å². The van der Waals surface area contributed by atoms with Crippen molar-refractivity contribution < 1.29 is 4.79 Å². The molecular weight excluding hydrogens is 250 g/mol. The van der Waals surface area contributed by atoms with Crippen LogP contribution in [-0.4, -0.2) is 25.0 Å². The molecule has 0 radical (unpaired) electrons. The van der Waals surface area contributed by atoms with E-state index in [1.165, 1.54) is 0 Å². The van der Waals surface area contributed by atoms with Gasteiger partial charge in [0.15, 0.2) is 0 Å². The maximum absolute atomic E-state index is 12.0. The van der Waals surface area contributed by atoms with Crippen LogP contribution in [0.15, 0.2) is 24.3 Å². The number of hydrogen-bond donors (Lipinski definition) is 3. The van der Waals surface area contributed by atoms with Crippen LogP contribution in [0.1, 0.15) is 37.0 Å². The van der Waals surface area contributed by atoms with Crippen molar-refractivity contribution in [1.29, 1.82) is 0 Å². The van der Waals surface area contributed by atoms with Gasteiger partial charge in [-0.25, -0.2) is 0 Å². The van der Waals surface area contributed by atoms with Crippen molar-refractivity contribution in [3.05, 3.63) is 29.8 Å². The number of nitrogens with one attached hydrogen (secondary N) is 2. The highest BCUT2D eigenvalue weighted by Gasteiger charge is 2.23. The predicted molar refractivity (Wildman–Crippen MR) is 82.8 cm³/mol. The van der Waals surface area contributed by atoms with E-state index < -0.39 is 0 Å². The van der Waals surface area contributed by atoms with E-state index in [1.54, 1.807) is 0 Å². The van der Waals surface area contributed by atoms with Gasteiger partial charge in [-0.05, 0) is 49.4 Å². The third-order valence-electron chi connectivity index (χ3n) is 3.85. The van der Waals surface area contributed by atoms with Crippen LogP contribution in [0, 0.1) is 11.8 Å². The largest absolute Gasteiger partial charge is 0.385 e. The molecule has 0 aromatic heterocycles. The normalized spacial score (nSPS) is 16.0. The zero-order valence-electron chi connectivity index (χ0n) is 12.4. The highest BCUT2D eigenvalue weighted by molar-refractivity contribution is 5.95. The van der Waals surface area contributed by atoms with Gasteiger partial charge in [0.05, 0.1) is 0 Å². The minimum Gasteiger partial charge on any atom is -0.385 e. The summed E-state index contributed by atoms with van der Waals surface area (Å²) in [4.78, 5) is 12.0. The lowest BCUT2D eigenvalue weighted by Gasteiger charge is -2.20. The molecule has 1 fully saturated rings. The second-order valence-electron chi connectivity index (χ2n) is 5.95. The summed E-state index contributed by atoms with van der Waals surface area (Å²) in [5.41, 5.74) is 7.47. The molecule has 4 N–H and O–H groups in total. The number of anilines is 1. The Morgan fingerprint density at radius 3 is 2.75 bits per heavy atom. The molecule has 1 unspecified atom stereocenters. The topological polar surface area (TPSA) is 67.1 Å². The Morgan fingerprint density at radius 1 is 1.40 bits per heavy atom. The third kappa shape index (κ3) is 4.23. The first kappa shape index (κ1) is 14.9. The summed E-state index contributed by atoms with van der Waals surface area (Å²) in [7, 11) is 0. The summed E-state index contributed by atoms with van der Waals surface area (Å²) < 4.78 is 0. The fourth-order valence-electron chi connectivity index (χ4n) is 2.11. The molecule has 1 aliphatic carbocycles. The summed E-state index contributed by atoms with van der Waals surface area (Å²) in [6.07, 6.45) is 2.21. The zero-order chi connectivity index (χ0) is 14.5. The summed E-state index contributed by atoms with van der Waals surface area (Å²) in [6.45, 7) is 5.87. The van der Waals surface area contributed by atoms with Crippen LogP contribution >= 0.6 is 0 Å². The molecule has 1 amide bonds. The van der Waals surface area contributed by atoms with Crippen molar-refractivity contribution in [3.8, 4) is 0 Å². The van der Waals surface area contributed by atoms with Crippen LogP contribution < -0.4 is 16.4 Å². The summed E-state index contributed by atoms with van der Waals surface area (Å²) in [6, 6.07) is 8.05. The lowest BCUT2D eigenvalue weighted by Crippen LogP contribution is -2.27. The van der Waals surface area contributed by atoms with E-state index in [-0.39, 0.29) is 5.91 Å². The first-order chi connectivity index (χ1) is 9.60. The highest BCUT2D eigenvalue weighted by Crippen LogP contribution is 2.20. The van der Waals surface area contributed by atoms with Gasteiger partial charge >= 0.3 is 0 Å². The fraction of sp³-hybridized carbons (Fsp3) is 0.562. The fourth-order valence-corrected chi connectivity index (χ4v) is 2.11. The molecule has 4 nitrogen and oxygen atoms in total. The Hall–Kier alpha value is -1.55. The number of rotatable bonds is 7. The van der Waals surface area contributed by atoms with E-state index in [9.17, 15) is 4.79 Å². The minimum atomic E-state index is 0.0235. The van der Waals surface area contributed by atoms with Gasteiger partial charge in [0.25, 0.3) is 5.91 Å². The predicted octanol–water partition coefficient (Wildman–Crippen LogP) is 2.22. The minimum absolute atomic E-state index is 0.0235. The van der Waals surface area contributed by atoms with Gasteiger partial charge in [-0.2, -0.15) is 0 Å². The van der Waals surface area contributed by atoms with E-state index in [0.29, 0.717) is 24.4 Å². The van der Waals surface area contributed by atoms with Gasteiger partial charge in [-0.15, -0.1) is 0 Å². The van der Waals surface area contributed by atoms with Crippen LogP contribution in [-0.2, 0) is 0 Å². The molecule has 0 heterocycles.